The molecule has 0 heterocycles. The van der Waals surface area contributed by atoms with E-state index in [1.165, 1.54) is 11.3 Å². The fourth-order valence-electron chi connectivity index (χ4n) is 1.26. The van der Waals surface area contributed by atoms with Crippen LogP contribution in [0.5, 0.6) is 0 Å². The SMILES string of the molecule is CN(C)c1ccccc1CCBr. The highest BCUT2D eigenvalue weighted by atomic mass is 79.9. The normalized spacial score (nSPS) is 9.92. The molecule has 0 bridgehead atoms. The van der Waals surface area contributed by atoms with Gasteiger partial charge in [-0.1, -0.05) is 34.1 Å². The van der Waals surface area contributed by atoms with Crippen molar-refractivity contribution in [3.8, 4) is 0 Å². The summed E-state index contributed by atoms with van der Waals surface area (Å²) in [4.78, 5) is 2.15. The molecule has 0 aliphatic rings. The molecule has 0 spiro atoms. The Bertz CT molecular complexity index is 245. The molecule has 2 heteroatoms. The van der Waals surface area contributed by atoms with E-state index in [1.807, 2.05) is 0 Å². The Morgan fingerprint density at radius 2 is 1.92 bits per heavy atom. The van der Waals surface area contributed by atoms with Crippen molar-refractivity contribution in [1.82, 2.24) is 0 Å². The molecule has 0 aromatic heterocycles. The quantitative estimate of drug-likeness (QED) is 0.719. The lowest BCUT2D eigenvalue weighted by Crippen LogP contribution is -2.11. The van der Waals surface area contributed by atoms with Gasteiger partial charge in [-0.25, -0.2) is 0 Å². The summed E-state index contributed by atoms with van der Waals surface area (Å²) in [5, 5.41) is 1.03. The third kappa shape index (κ3) is 2.24. The van der Waals surface area contributed by atoms with Crippen LogP contribution in [0.3, 0.4) is 0 Å². The molecular weight excluding hydrogens is 214 g/mol. The molecule has 66 valence electrons. The van der Waals surface area contributed by atoms with Crippen LogP contribution in [0.1, 0.15) is 5.56 Å². The van der Waals surface area contributed by atoms with Crippen LogP contribution in [-0.2, 0) is 6.42 Å². The highest BCUT2D eigenvalue weighted by Gasteiger charge is 2.01. The second-order valence-corrected chi connectivity index (χ2v) is 3.76. The first kappa shape index (κ1) is 9.59. The van der Waals surface area contributed by atoms with Gasteiger partial charge in [0, 0.05) is 25.1 Å². The van der Waals surface area contributed by atoms with Crippen LogP contribution < -0.4 is 4.90 Å². The van der Waals surface area contributed by atoms with E-state index in [4.69, 9.17) is 0 Å². The van der Waals surface area contributed by atoms with Crippen LogP contribution in [0.2, 0.25) is 0 Å². The van der Waals surface area contributed by atoms with E-state index in [2.05, 4.69) is 59.2 Å². The number of nitrogens with zero attached hydrogens (tertiary/aromatic N) is 1. The van der Waals surface area contributed by atoms with Gasteiger partial charge in [0.1, 0.15) is 0 Å². The molecule has 0 amide bonds. The molecule has 0 aliphatic heterocycles. The molecular formula is C10H14BrN. The number of para-hydroxylation sites is 1. The number of benzene rings is 1. The Labute approximate surface area is 82.5 Å². The lowest BCUT2D eigenvalue weighted by Gasteiger charge is -2.16. The first-order valence-corrected chi connectivity index (χ1v) is 5.19. The first-order valence-electron chi connectivity index (χ1n) is 4.07. The first-order chi connectivity index (χ1) is 5.75. The molecule has 0 radical (unpaired) electrons. The third-order valence-electron chi connectivity index (χ3n) is 1.84. The molecule has 1 aromatic carbocycles. The zero-order chi connectivity index (χ0) is 8.97. The number of aryl methyl sites for hydroxylation is 1. The van der Waals surface area contributed by atoms with Gasteiger partial charge in [-0.05, 0) is 18.1 Å². The molecule has 1 nitrogen and oxygen atoms in total. The van der Waals surface area contributed by atoms with Crippen LogP contribution >= 0.6 is 15.9 Å². The van der Waals surface area contributed by atoms with Gasteiger partial charge in [-0.2, -0.15) is 0 Å². The summed E-state index contributed by atoms with van der Waals surface area (Å²) in [5.41, 5.74) is 2.72. The van der Waals surface area contributed by atoms with Crippen molar-refractivity contribution in [2.45, 2.75) is 6.42 Å². The summed E-state index contributed by atoms with van der Waals surface area (Å²) in [6, 6.07) is 8.49. The Balaban J connectivity index is 2.92. The lowest BCUT2D eigenvalue weighted by molar-refractivity contribution is 1.07. The van der Waals surface area contributed by atoms with Crippen molar-refractivity contribution in [3.63, 3.8) is 0 Å². The molecule has 12 heavy (non-hydrogen) atoms. The minimum Gasteiger partial charge on any atom is -0.377 e. The molecule has 0 N–H and O–H groups in total. The van der Waals surface area contributed by atoms with Crippen molar-refractivity contribution < 1.29 is 0 Å². The standard InChI is InChI=1S/C10H14BrN/c1-12(2)10-6-4-3-5-9(10)7-8-11/h3-6H,7-8H2,1-2H3. The smallest absolute Gasteiger partial charge is 0.0393 e. The summed E-state index contributed by atoms with van der Waals surface area (Å²) in [5.74, 6) is 0. The van der Waals surface area contributed by atoms with Gasteiger partial charge in [0.2, 0.25) is 0 Å². The Morgan fingerprint density at radius 1 is 1.25 bits per heavy atom. The summed E-state index contributed by atoms with van der Waals surface area (Å²) in [7, 11) is 4.15. The average molecular weight is 228 g/mol. The summed E-state index contributed by atoms with van der Waals surface area (Å²) in [6.45, 7) is 0. The Morgan fingerprint density at radius 3 is 2.50 bits per heavy atom. The molecule has 0 saturated heterocycles. The van der Waals surface area contributed by atoms with Crippen molar-refractivity contribution >= 4 is 21.6 Å². The Kier molecular flexibility index (Phi) is 3.60. The molecule has 0 unspecified atom stereocenters. The van der Waals surface area contributed by atoms with Crippen LogP contribution in [0.25, 0.3) is 0 Å². The van der Waals surface area contributed by atoms with E-state index in [1.54, 1.807) is 0 Å². The summed E-state index contributed by atoms with van der Waals surface area (Å²) >= 11 is 3.45. The molecule has 0 fully saturated rings. The predicted molar refractivity (Wildman–Crippen MR) is 58.3 cm³/mol. The number of hydrogen-bond donors (Lipinski definition) is 0. The van der Waals surface area contributed by atoms with Gasteiger partial charge < -0.3 is 4.90 Å². The molecule has 1 rings (SSSR count). The number of alkyl halides is 1. The summed E-state index contributed by atoms with van der Waals surface area (Å²) < 4.78 is 0. The van der Waals surface area contributed by atoms with Crippen LogP contribution in [0.4, 0.5) is 5.69 Å². The van der Waals surface area contributed by atoms with Crippen molar-refractivity contribution in [1.29, 1.82) is 0 Å². The van der Waals surface area contributed by atoms with Gasteiger partial charge in [0.05, 0.1) is 0 Å². The van der Waals surface area contributed by atoms with Crippen molar-refractivity contribution in [2.24, 2.45) is 0 Å². The van der Waals surface area contributed by atoms with Gasteiger partial charge >= 0.3 is 0 Å². The van der Waals surface area contributed by atoms with E-state index >= 15 is 0 Å². The highest BCUT2D eigenvalue weighted by Crippen LogP contribution is 2.18. The van der Waals surface area contributed by atoms with E-state index in [0.717, 1.165) is 11.8 Å². The van der Waals surface area contributed by atoms with Gasteiger partial charge in [-0.15, -0.1) is 0 Å². The highest BCUT2D eigenvalue weighted by molar-refractivity contribution is 9.09. The van der Waals surface area contributed by atoms with Gasteiger partial charge in [-0.3, -0.25) is 0 Å². The minimum atomic E-state index is 1.03. The zero-order valence-electron chi connectivity index (χ0n) is 7.55. The third-order valence-corrected chi connectivity index (χ3v) is 2.23. The summed E-state index contributed by atoms with van der Waals surface area (Å²) in [6.07, 6.45) is 1.09. The fourth-order valence-corrected chi connectivity index (χ4v) is 1.69. The maximum Gasteiger partial charge on any atom is 0.0393 e. The van der Waals surface area contributed by atoms with Gasteiger partial charge in [0.25, 0.3) is 0 Å². The minimum absolute atomic E-state index is 1.03. The molecule has 0 saturated carbocycles. The topological polar surface area (TPSA) is 3.24 Å². The maximum absolute atomic E-state index is 3.45. The van der Waals surface area contributed by atoms with E-state index in [-0.39, 0.29) is 0 Å². The average Bonchev–Trinajstić information content (AvgIpc) is 2.05. The van der Waals surface area contributed by atoms with E-state index in [0.29, 0.717) is 0 Å². The molecule has 0 aliphatic carbocycles. The predicted octanol–water partition coefficient (Wildman–Crippen LogP) is 2.69. The van der Waals surface area contributed by atoms with Crippen LogP contribution in [-0.4, -0.2) is 19.4 Å². The zero-order valence-corrected chi connectivity index (χ0v) is 9.13. The van der Waals surface area contributed by atoms with Crippen LogP contribution in [0.15, 0.2) is 24.3 Å². The number of halogens is 1. The van der Waals surface area contributed by atoms with E-state index < -0.39 is 0 Å². The maximum atomic E-state index is 3.45. The number of rotatable bonds is 3. The second-order valence-electron chi connectivity index (χ2n) is 2.96. The van der Waals surface area contributed by atoms with Crippen molar-refractivity contribution in [3.05, 3.63) is 29.8 Å². The monoisotopic (exact) mass is 227 g/mol. The largest absolute Gasteiger partial charge is 0.377 e. The van der Waals surface area contributed by atoms with E-state index in [9.17, 15) is 0 Å². The van der Waals surface area contributed by atoms with Crippen molar-refractivity contribution in [2.75, 3.05) is 24.3 Å². The number of hydrogen-bond acceptors (Lipinski definition) is 1. The Hall–Kier alpha value is -0.500. The van der Waals surface area contributed by atoms with Gasteiger partial charge in [0.15, 0.2) is 0 Å². The lowest BCUT2D eigenvalue weighted by atomic mass is 10.1. The second kappa shape index (κ2) is 4.51. The number of anilines is 1. The molecule has 1 aromatic rings. The van der Waals surface area contributed by atoms with Crippen LogP contribution in [0, 0.1) is 0 Å². The fraction of sp³-hybridized carbons (Fsp3) is 0.400. The molecule has 0 atom stereocenters.